The molecule has 4 rings (SSSR count). The van der Waals surface area contributed by atoms with Crippen LogP contribution >= 0.6 is 0 Å². The number of carbonyl (C=O) groups is 1. The Balaban J connectivity index is 1.54. The molecule has 2 heterocycles. The van der Waals surface area contributed by atoms with Gasteiger partial charge in [0.1, 0.15) is 17.3 Å². The molecule has 2 aliphatic rings. The molecule has 8 heteroatoms. The van der Waals surface area contributed by atoms with Gasteiger partial charge in [-0.1, -0.05) is 0 Å². The molecule has 1 aromatic carbocycles. The van der Waals surface area contributed by atoms with Gasteiger partial charge in [0.15, 0.2) is 5.82 Å². The Labute approximate surface area is 156 Å². The van der Waals surface area contributed by atoms with Crippen molar-refractivity contribution >= 4 is 5.91 Å². The number of rotatable bonds is 6. The van der Waals surface area contributed by atoms with Crippen LogP contribution in [0.5, 0.6) is 11.5 Å². The van der Waals surface area contributed by atoms with Crippen LogP contribution in [0.4, 0.5) is 4.39 Å². The van der Waals surface area contributed by atoms with Gasteiger partial charge < -0.3 is 14.4 Å². The molecule has 27 heavy (non-hydrogen) atoms. The number of carbonyl (C=O) groups excluding carboxylic acids is 1. The molecule has 1 aliphatic carbocycles. The van der Waals surface area contributed by atoms with Crippen molar-refractivity contribution in [3.05, 3.63) is 35.4 Å². The van der Waals surface area contributed by atoms with Crippen LogP contribution in [0.1, 0.15) is 46.7 Å². The summed E-state index contributed by atoms with van der Waals surface area (Å²) in [6, 6.07) is 5.07. The second-order valence-electron chi connectivity index (χ2n) is 7.15. The van der Waals surface area contributed by atoms with E-state index in [1.54, 1.807) is 30.2 Å². The lowest BCUT2D eigenvalue weighted by atomic mass is 9.97. The first kappa shape index (κ1) is 17.8. The Bertz CT molecular complexity index is 836. The van der Waals surface area contributed by atoms with E-state index in [0.29, 0.717) is 41.9 Å². The highest BCUT2D eigenvalue weighted by molar-refractivity contribution is 5.97. The van der Waals surface area contributed by atoms with Crippen LogP contribution in [0.15, 0.2) is 18.2 Å². The number of nitrogens with one attached hydrogen (secondary N) is 1. The maximum atomic E-state index is 13.7. The zero-order valence-electron chi connectivity index (χ0n) is 15.4. The highest BCUT2D eigenvalue weighted by Gasteiger charge is 2.39. The van der Waals surface area contributed by atoms with Crippen molar-refractivity contribution in [2.24, 2.45) is 5.92 Å². The van der Waals surface area contributed by atoms with E-state index >= 15 is 0 Å². The first-order valence-electron chi connectivity index (χ1n) is 9.14. The summed E-state index contributed by atoms with van der Waals surface area (Å²) < 4.78 is 24.2. The largest absolute Gasteiger partial charge is 0.497 e. The highest BCUT2D eigenvalue weighted by atomic mass is 19.1. The molecule has 1 N–H and O–H groups in total. The zero-order valence-corrected chi connectivity index (χ0v) is 15.4. The smallest absolute Gasteiger partial charge is 0.257 e. The van der Waals surface area contributed by atoms with E-state index in [2.05, 4.69) is 15.2 Å². The van der Waals surface area contributed by atoms with E-state index in [1.165, 1.54) is 7.11 Å². The number of alkyl halides is 1. The predicted octanol–water partition coefficient (Wildman–Crippen LogP) is 2.52. The first-order chi connectivity index (χ1) is 13.1. The molecule has 0 spiro atoms. The fraction of sp³-hybridized carbons (Fsp3) is 0.526. The molecule has 1 aromatic heterocycles. The van der Waals surface area contributed by atoms with Crippen molar-refractivity contribution in [1.29, 1.82) is 0 Å². The molecule has 1 saturated carbocycles. The average molecular weight is 374 g/mol. The van der Waals surface area contributed by atoms with Gasteiger partial charge in [0.05, 0.1) is 26.5 Å². The van der Waals surface area contributed by atoms with Gasteiger partial charge in [0.25, 0.3) is 5.91 Å². The topological polar surface area (TPSA) is 80.3 Å². The van der Waals surface area contributed by atoms with E-state index in [-0.39, 0.29) is 17.7 Å². The third-order valence-corrected chi connectivity index (χ3v) is 5.38. The molecular formula is C19H23FN4O3. The minimum atomic E-state index is -0.506. The number of aromatic nitrogens is 3. The third-order valence-electron chi connectivity index (χ3n) is 5.38. The Morgan fingerprint density at radius 2 is 2.11 bits per heavy atom. The molecule has 7 nitrogen and oxygen atoms in total. The summed E-state index contributed by atoms with van der Waals surface area (Å²) in [5, 5.41) is 7.23. The standard InChI is InChI=1S/C19H23FN4O3/c1-26-13-5-6-14(16(7-13)27-2)19(25)24-9-12(8-20)15(10-24)18-21-17(22-23-18)11-3-4-11/h5-7,11-12,15H,3-4,8-10H2,1-2H3,(H,21,22,23)/t12-,15-/m1/s1. The van der Waals surface area contributed by atoms with Crippen LogP contribution in [0.3, 0.4) is 0 Å². The van der Waals surface area contributed by atoms with Gasteiger partial charge in [0.2, 0.25) is 0 Å². The summed E-state index contributed by atoms with van der Waals surface area (Å²) in [6.07, 6.45) is 2.22. The summed E-state index contributed by atoms with van der Waals surface area (Å²) in [4.78, 5) is 19.3. The number of methoxy groups -OCH3 is 2. The second-order valence-corrected chi connectivity index (χ2v) is 7.15. The van der Waals surface area contributed by atoms with E-state index in [4.69, 9.17) is 9.47 Å². The van der Waals surface area contributed by atoms with Gasteiger partial charge in [-0.15, -0.1) is 0 Å². The first-order valence-corrected chi connectivity index (χ1v) is 9.14. The Hall–Kier alpha value is -2.64. The van der Waals surface area contributed by atoms with Crippen molar-refractivity contribution in [3.8, 4) is 11.5 Å². The molecule has 0 bridgehead atoms. The zero-order chi connectivity index (χ0) is 19.0. The minimum Gasteiger partial charge on any atom is -0.497 e. The molecule has 144 valence electrons. The van der Waals surface area contributed by atoms with Gasteiger partial charge in [0, 0.05) is 36.9 Å². The molecule has 2 aromatic rings. The van der Waals surface area contributed by atoms with Crippen molar-refractivity contribution in [2.45, 2.75) is 24.7 Å². The number of benzene rings is 1. The molecule has 1 aliphatic heterocycles. The molecular weight excluding hydrogens is 351 g/mol. The van der Waals surface area contributed by atoms with Crippen LogP contribution in [-0.2, 0) is 0 Å². The predicted molar refractivity (Wildman–Crippen MR) is 96.0 cm³/mol. The minimum absolute atomic E-state index is 0.178. The molecule has 2 atom stereocenters. The van der Waals surface area contributed by atoms with Crippen LogP contribution in [-0.4, -0.2) is 60.0 Å². The van der Waals surface area contributed by atoms with Crippen molar-refractivity contribution in [1.82, 2.24) is 20.1 Å². The highest BCUT2D eigenvalue weighted by Crippen LogP contribution is 2.39. The number of hydrogen-bond donors (Lipinski definition) is 1. The maximum absolute atomic E-state index is 13.7. The van der Waals surface area contributed by atoms with E-state index in [9.17, 15) is 9.18 Å². The second kappa shape index (κ2) is 7.17. The molecule has 0 radical (unpaired) electrons. The Morgan fingerprint density at radius 3 is 2.78 bits per heavy atom. The van der Waals surface area contributed by atoms with Crippen LogP contribution in [0.2, 0.25) is 0 Å². The van der Waals surface area contributed by atoms with Crippen LogP contribution < -0.4 is 9.47 Å². The quantitative estimate of drug-likeness (QED) is 0.840. The molecule has 2 fully saturated rings. The Kier molecular flexibility index (Phi) is 4.72. The SMILES string of the molecule is COc1ccc(C(=O)N2C[C@@H](CF)[C@H](c3nc(C4CC4)n[nH]3)C2)c(OC)c1. The summed E-state index contributed by atoms with van der Waals surface area (Å²) >= 11 is 0. The van der Waals surface area contributed by atoms with Gasteiger partial charge in [-0.05, 0) is 25.0 Å². The van der Waals surface area contributed by atoms with Crippen LogP contribution in [0, 0.1) is 5.92 Å². The maximum Gasteiger partial charge on any atom is 0.257 e. The van der Waals surface area contributed by atoms with Gasteiger partial charge in [-0.3, -0.25) is 14.3 Å². The number of hydrogen-bond acceptors (Lipinski definition) is 5. The fourth-order valence-corrected chi connectivity index (χ4v) is 3.63. The Morgan fingerprint density at radius 1 is 1.30 bits per heavy atom. The molecule has 1 amide bonds. The number of nitrogens with zero attached hydrogens (tertiary/aromatic N) is 3. The van der Waals surface area contributed by atoms with E-state index < -0.39 is 6.67 Å². The normalized spacial score (nSPS) is 22.1. The number of amides is 1. The summed E-state index contributed by atoms with van der Waals surface area (Å²) in [5.41, 5.74) is 0.438. The molecule has 0 unspecified atom stereocenters. The average Bonchev–Trinajstić information content (AvgIpc) is 3.28. The number of likely N-dealkylation sites (tertiary alicyclic amines) is 1. The fourth-order valence-electron chi connectivity index (χ4n) is 3.63. The van der Waals surface area contributed by atoms with Crippen molar-refractivity contribution < 1.29 is 18.7 Å². The summed E-state index contributed by atoms with van der Waals surface area (Å²) in [7, 11) is 3.07. The van der Waals surface area contributed by atoms with E-state index in [0.717, 1.165) is 18.7 Å². The van der Waals surface area contributed by atoms with Crippen molar-refractivity contribution in [3.63, 3.8) is 0 Å². The monoisotopic (exact) mass is 374 g/mol. The van der Waals surface area contributed by atoms with Crippen LogP contribution in [0.25, 0.3) is 0 Å². The number of aromatic amines is 1. The lowest BCUT2D eigenvalue weighted by Gasteiger charge is -2.18. The molecule has 1 saturated heterocycles. The van der Waals surface area contributed by atoms with Crippen molar-refractivity contribution in [2.75, 3.05) is 34.0 Å². The van der Waals surface area contributed by atoms with Gasteiger partial charge in [-0.25, -0.2) is 4.98 Å². The van der Waals surface area contributed by atoms with Gasteiger partial charge >= 0.3 is 0 Å². The van der Waals surface area contributed by atoms with E-state index in [1.807, 2.05) is 0 Å². The summed E-state index contributed by atoms with van der Waals surface area (Å²) in [6.45, 7) is 0.240. The van der Waals surface area contributed by atoms with Gasteiger partial charge in [-0.2, -0.15) is 5.10 Å². The lowest BCUT2D eigenvalue weighted by molar-refractivity contribution is 0.0781. The number of ether oxygens (including phenoxy) is 2. The lowest BCUT2D eigenvalue weighted by Crippen LogP contribution is -2.29. The summed E-state index contributed by atoms with van der Waals surface area (Å²) in [5.74, 6) is 2.31. The number of H-pyrrole nitrogens is 1. The third kappa shape index (κ3) is 3.36. The number of halogens is 1.